The molecule has 0 aliphatic carbocycles. The van der Waals surface area contributed by atoms with Crippen LogP contribution < -0.4 is 4.74 Å². The van der Waals surface area contributed by atoms with E-state index in [1.54, 1.807) is 6.20 Å². The van der Waals surface area contributed by atoms with Crippen molar-refractivity contribution in [2.45, 2.75) is 26.2 Å². The van der Waals surface area contributed by atoms with E-state index in [0.29, 0.717) is 0 Å². The summed E-state index contributed by atoms with van der Waals surface area (Å²) in [6.45, 7) is 6.56. The van der Waals surface area contributed by atoms with E-state index < -0.39 is 0 Å². The Morgan fingerprint density at radius 2 is 1.62 bits per heavy atom. The summed E-state index contributed by atoms with van der Waals surface area (Å²) in [6.07, 6.45) is 1.78. The molecule has 0 atom stereocenters. The second-order valence-corrected chi connectivity index (χ2v) is 6.21. The van der Waals surface area contributed by atoms with Gasteiger partial charge in [0.2, 0.25) is 0 Å². The van der Waals surface area contributed by atoms with Gasteiger partial charge in [-0.15, -0.1) is 0 Å². The highest BCUT2D eigenvalue weighted by atomic mass is 16.5. The molecule has 0 fully saturated rings. The maximum atomic E-state index is 6.08. The van der Waals surface area contributed by atoms with Crippen molar-refractivity contribution in [3.8, 4) is 11.5 Å². The average molecular weight is 277 g/mol. The number of benzene rings is 2. The van der Waals surface area contributed by atoms with Crippen molar-refractivity contribution in [3.63, 3.8) is 0 Å². The van der Waals surface area contributed by atoms with Crippen LogP contribution in [0.1, 0.15) is 26.3 Å². The highest BCUT2D eigenvalue weighted by Gasteiger charge is 2.18. The van der Waals surface area contributed by atoms with E-state index in [4.69, 9.17) is 4.74 Å². The lowest BCUT2D eigenvalue weighted by Crippen LogP contribution is -2.12. The molecule has 0 bridgehead atoms. The van der Waals surface area contributed by atoms with Crippen molar-refractivity contribution in [1.82, 2.24) is 4.98 Å². The van der Waals surface area contributed by atoms with Crippen LogP contribution in [0.4, 0.5) is 0 Å². The SMILES string of the molecule is CC(C)(C)c1ccccc1Oc1cnc2ccccc2c1. The standard InChI is InChI=1S/C19H19NO/c1-19(2,3)16-9-5-7-11-18(16)21-15-12-14-8-4-6-10-17(14)20-13-15/h4-13H,1-3H3. The molecule has 2 nitrogen and oxygen atoms in total. The summed E-state index contributed by atoms with van der Waals surface area (Å²) in [4.78, 5) is 4.44. The number of aromatic nitrogens is 1. The van der Waals surface area contributed by atoms with E-state index in [2.05, 4.69) is 31.8 Å². The first-order chi connectivity index (χ1) is 10.0. The molecule has 3 aromatic rings. The van der Waals surface area contributed by atoms with Gasteiger partial charge in [-0.3, -0.25) is 4.98 Å². The zero-order valence-electron chi connectivity index (χ0n) is 12.6. The second kappa shape index (κ2) is 5.21. The lowest BCUT2D eigenvalue weighted by molar-refractivity contribution is 0.454. The Balaban J connectivity index is 1.99. The maximum absolute atomic E-state index is 6.08. The Bertz CT molecular complexity index is 772. The zero-order valence-corrected chi connectivity index (χ0v) is 12.6. The average Bonchev–Trinajstić information content (AvgIpc) is 2.46. The molecule has 0 radical (unpaired) electrons. The number of pyridine rings is 1. The van der Waals surface area contributed by atoms with Crippen LogP contribution in [-0.4, -0.2) is 4.98 Å². The smallest absolute Gasteiger partial charge is 0.146 e. The Morgan fingerprint density at radius 3 is 2.43 bits per heavy atom. The molecule has 0 amide bonds. The number of ether oxygens (including phenoxy) is 1. The van der Waals surface area contributed by atoms with Crippen LogP contribution in [0, 0.1) is 0 Å². The Morgan fingerprint density at radius 1 is 0.905 bits per heavy atom. The molecule has 2 heteroatoms. The van der Waals surface area contributed by atoms with Gasteiger partial charge >= 0.3 is 0 Å². The quantitative estimate of drug-likeness (QED) is 0.632. The number of para-hydroxylation sites is 2. The van der Waals surface area contributed by atoms with Gasteiger partial charge < -0.3 is 4.74 Å². The molecular formula is C19H19NO. The number of hydrogen-bond acceptors (Lipinski definition) is 2. The van der Waals surface area contributed by atoms with Gasteiger partial charge in [0.05, 0.1) is 11.7 Å². The molecule has 2 aromatic carbocycles. The lowest BCUT2D eigenvalue weighted by Gasteiger charge is -2.22. The number of hydrogen-bond donors (Lipinski definition) is 0. The molecule has 0 saturated carbocycles. The van der Waals surface area contributed by atoms with Gasteiger partial charge in [0.15, 0.2) is 0 Å². The van der Waals surface area contributed by atoms with E-state index in [1.807, 2.05) is 48.5 Å². The van der Waals surface area contributed by atoms with Crippen molar-refractivity contribution in [1.29, 1.82) is 0 Å². The van der Waals surface area contributed by atoms with E-state index >= 15 is 0 Å². The van der Waals surface area contributed by atoms with Crippen LogP contribution in [0.15, 0.2) is 60.8 Å². The van der Waals surface area contributed by atoms with Crippen LogP contribution in [0.2, 0.25) is 0 Å². The summed E-state index contributed by atoms with van der Waals surface area (Å²) in [5.74, 6) is 1.66. The fourth-order valence-corrected chi connectivity index (χ4v) is 2.41. The number of nitrogens with zero attached hydrogens (tertiary/aromatic N) is 1. The first-order valence-electron chi connectivity index (χ1n) is 7.16. The fraction of sp³-hybridized carbons (Fsp3) is 0.211. The van der Waals surface area contributed by atoms with Crippen LogP contribution in [0.3, 0.4) is 0 Å². The molecular weight excluding hydrogens is 258 g/mol. The zero-order chi connectivity index (χ0) is 14.9. The molecule has 1 aromatic heterocycles. The molecule has 106 valence electrons. The third-order valence-electron chi connectivity index (χ3n) is 3.49. The van der Waals surface area contributed by atoms with Gasteiger partial charge in [0.25, 0.3) is 0 Å². The van der Waals surface area contributed by atoms with Crippen molar-refractivity contribution in [3.05, 3.63) is 66.4 Å². The minimum Gasteiger partial charge on any atom is -0.455 e. The van der Waals surface area contributed by atoms with Crippen LogP contribution in [0.5, 0.6) is 11.5 Å². The van der Waals surface area contributed by atoms with Gasteiger partial charge in [0, 0.05) is 10.9 Å². The Kier molecular flexibility index (Phi) is 3.38. The number of rotatable bonds is 2. The molecule has 0 spiro atoms. The normalized spacial score (nSPS) is 11.6. The lowest BCUT2D eigenvalue weighted by atomic mass is 9.86. The van der Waals surface area contributed by atoms with Gasteiger partial charge in [-0.1, -0.05) is 57.2 Å². The summed E-state index contributed by atoms with van der Waals surface area (Å²) in [6, 6.07) is 18.3. The minimum atomic E-state index is 0.0425. The van der Waals surface area contributed by atoms with Gasteiger partial charge in [-0.25, -0.2) is 0 Å². The largest absolute Gasteiger partial charge is 0.455 e. The minimum absolute atomic E-state index is 0.0425. The Labute approximate surface area is 125 Å². The van der Waals surface area contributed by atoms with Gasteiger partial charge in [-0.05, 0) is 23.6 Å². The molecule has 1 heterocycles. The first kappa shape index (κ1) is 13.6. The van der Waals surface area contributed by atoms with Crippen molar-refractivity contribution < 1.29 is 4.74 Å². The summed E-state index contributed by atoms with van der Waals surface area (Å²) in [7, 11) is 0. The predicted octanol–water partition coefficient (Wildman–Crippen LogP) is 5.32. The fourth-order valence-electron chi connectivity index (χ4n) is 2.41. The highest BCUT2D eigenvalue weighted by Crippen LogP contribution is 2.34. The van der Waals surface area contributed by atoms with Crippen molar-refractivity contribution in [2.75, 3.05) is 0 Å². The Hall–Kier alpha value is -2.35. The van der Waals surface area contributed by atoms with Crippen LogP contribution >= 0.6 is 0 Å². The second-order valence-electron chi connectivity index (χ2n) is 6.21. The van der Waals surface area contributed by atoms with E-state index in [0.717, 1.165) is 22.4 Å². The summed E-state index contributed by atoms with van der Waals surface area (Å²) >= 11 is 0. The molecule has 21 heavy (non-hydrogen) atoms. The summed E-state index contributed by atoms with van der Waals surface area (Å²) in [5.41, 5.74) is 2.22. The van der Waals surface area contributed by atoms with Gasteiger partial charge in [0.1, 0.15) is 11.5 Å². The molecule has 3 rings (SSSR count). The predicted molar refractivity (Wildman–Crippen MR) is 87.0 cm³/mol. The molecule has 0 saturated heterocycles. The van der Waals surface area contributed by atoms with Crippen molar-refractivity contribution >= 4 is 10.9 Å². The molecule has 0 aliphatic heterocycles. The number of fused-ring (bicyclic) bond motifs is 1. The topological polar surface area (TPSA) is 22.1 Å². The third kappa shape index (κ3) is 2.89. The highest BCUT2D eigenvalue weighted by molar-refractivity contribution is 5.79. The molecule has 0 aliphatic rings. The monoisotopic (exact) mass is 277 g/mol. The molecule has 0 N–H and O–H groups in total. The third-order valence-corrected chi connectivity index (χ3v) is 3.49. The summed E-state index contributed by atoms with van der Waals surface area (Å²) in [5, 5.41) is 1.09. The van der Waals surface area contributed by atoms with E-state index in [9.17, 15) is 0 Å². The summed E-state index contributed by atoms with van der Waals surface area (Å²) < 4.78 is 6.08. The maximum Gasteiger partial charge on any atom is 0.146 e. The molecule has 0 unspecified atom stereocenters. The first-order valence-corrected chi connectivity index (χ1v) is 7.16. The van der Waals surface area contributed by atoms with Crippen LogP contribution in [0.25, 0.3) is 10.9 Å². The van der Waals surface area contributed by atoms with Crippen LogP contribution in [-0.2, 0) is 5.41 Å². The van der Waals surface area contributed by atoms with E-state index in [-0.39, 0.29) is 5.41 Å². The van der Waals surface area contributed by atoms with Crippen molar-refractivity contribution in [2.24, 2.45) is 0 Å². The van der Waals surface area contributed by atoms with Gasteiger partial charge in [-0.2, -0.15) is 0 Å². The van der Waals surface area contributed by atoms with E-state index in [1.165, 1.54) is 5.56 Å².